The third-order valence-corrected chi connectivity index (χ3v) is 4.33. The first-order chi connectivity index (χ1) is 12.4. The van der Waals surface area contributed by atoms with Crippen LogP contribution in [0.1, 0.15) is 5.56 Å². The molecule has 1 aromatic heterocycles. The van der Waals surface area contributed by atoms with Gasteiger partial charge in [-0.1, -0.05) is 24.3 Å². The van der Waals surface area contributed by atoms with Crippen LogP contribution in [0.3, 0.4) is 0 Å². The second kappa shape index (κ2) is 6.92. The third kappa shape index (κ3) is 3.13. The average molecular weight is 351 g/mol. The molecule has 0 unspecified atom stereocenters. The number of pyridine rings is 1. The number of rotatable bonds is 3. The monoisotopic (exact) mass is 351 g/mol. The number of hydrogen-bond donors (Lipinski definition) is 1. The molecule has 0 bridgehead atoms. The van der Waals surface area contributed by atoms with E-state index in [0.29, 0.717) is 27.9 Å². The number of methoxy groups -OCH3 is 1. The van der Waals surface area contributed by atoms with Gasteiger partial charge in [-0.3, -0.25) is 9.69 Å². The van der Waals surface area contributed by atoms with Gasteiger partial charge in [0.05, 0.1) is 18.5 Å². The number of aryl methyl sites for hydroxylation is 2. The summed E-state index contributed by atoms with van der Waals surface area (Å²) >= 11 is 0. The fraction of sp³-hybridized carbons (Fsp3) is 0.200. The number of nitrogens with zero attached hydrogens (tertiary/aromatic N) is 2. The Morgan fingerprint density at radius 1 is 1.15 bits per heavy atom. The Labute approximate surface area is 151 Å². The zero-order valence-electron chi connectivity index (χ0n) is 15.2. The van der Waals surface area contributed by atoms with Crippen LogP contribution in [0.4, 0.5) is 16.2 Å². The molecule has 0 fully saturated rings. The number of urea groups is 1. The maximum Gasteiger partial charge on any atom is 0.326 e. The van der Waals surface area contributed by atoms with E-state index in [1.54, 1.807) is 39.5 Å². The molecule has 1 N–H and O–H groups in total. The Morgan fingerprint density at radius 3 is 2.54 bits per heavy atom. The summed E-state index contributed by atoms with van der Waals surface area (Å²) in [5, 5.41) is 4.15. The molecule has 134 valence electrons. The lowest BCUT2D eigenvalue weighted by molar-refractivity contribution is 0.258. The summed E-state index contributed by atoms with van der Waals surface area (Å²) in [6, 6.07) is 12.5. The van der Waals surface area contributed by atoms with Gasteiger partial charge in [-0.05, 0) is 30.7 Å². The number of hydrogen-bond acceptors (Lipinski definition) is 3. The van der Waals surface area contributed by atoms with Crippen LogP contribution >= 0.6 is 0 Å². The maximum absolute atomic E-state index is 12.8. The van der Waals surface area contributed by atoms with Crippen LogP contribution in [-0.4, -0.2) is 24.8 Å². The molecule has 6 nitrogen and oxygen atoms in total. The number of ether oxygens (including phenoxy) is 1. The van der Waals surface area contributed by atoms with E-state index in [1.807, 2.05) is 37.3 Å². The molecule has 0 saturated heterocycles. The van der Waals surface area contributed by atoms with Gasteiger partial charge >= 0.3 is 6.03 Å². The molecule has 6 heteroatoms. The van der Waals surface area contributed by atoms with Crippen molar-refractivity contribution in [1.82, 2.24) is 4.57 Å². The van der Waals surface area contributed by atoms with Gasteiger partial charge in [0, 0.05) is 31.1 Å². The molecule has 2 aromatic carbocycles. The summed E-state index contributed by atoms with van der Waals surface area (Å²) in [4.78, 5) is 26.6. The SMILES string of the molecule is COc1ccc(C)cc1N(C)C(=O)Nc1cn(C)c(=O)c2ccccc12. The molecule has 0 aliphatic rings. The number of fused-ring (bicyclic) bond motifs is 1. The smallest absolute Gasteiger partial charge is 0.326 e. The van der Waals surface area contributed by atoms with Crippen molar-refractivity contribution in [1.29, 1.82) is 0 Å². The van der Waals surface area contributed by atoms with Crippen molar-refractivity contribution in [3.8, 4) is 5.75 Å². The number of benzene rings is 2. The zero-order valence-corrected chi connectivity index (χ0v) is 15.2. The summed E-state index contributed by atoms with van der Waals surface area (Å²) in [5.41, 5.74) is 2.16. The average Bonchev–Trinajstić information content (AvgIpc) is 2.65. The van der Waals surface area contributed by atoms with Crippen molar-refractivity contribution in [2.75, 3.05) is 24.4 Å². The zero-order chi connectivity index (χ0) is 18.8. The molecule has 0 spiro atoms. The van der Waals surface area contributed by atoms with E-state index in [-0.39, 0.29) is 11.6 Å². The summed E-state index contributed by atoms with van der Waals surface area (Å²) in [6.07, 6.45) is 1.63. The Morgan fingerprint density at radius 2 is 1.85 bits per heavy atom. The molecule has 3 rings (SSSR count). The maximum atomic E-state index is 12.8. The normalized spacial score (nSPS) is 10.6. The minimum absolute atomic E-state index is 0.104. The van der Waals surface area contributed by atoms with Crippen LogP contribution in [0.5, 0.6) is 5.75 Å². The topological polar surface area (TPSA) is 63.6 Å². The molecular weight excluding hydrogens is 330 g/mol. The van der Waals surface area contributed by atoms with Gasteiger partial charge in [0.15, 0.2) is 0 Å². The number of nitrogens with one attached hydrogen (secondary N) is 1. The highest BCUT2D eigenvalue weighted by atomic mass is 16.5. The van der Waals surface area contributed by atoms with Gasteiger partial charge in [0.25, 0.3) is 5.56 Å². The number of aromatic nitrogens is 1. The molecule has 3 aromatic rings. The third-order valence-electron chi connectivity index (χ3n) is 4.33. The summed E-state index contributed by atoms with van der Waals surface area (Å²) in [5.74, 6) is 0.610. The molecule has 0 aliphatic carbocycles. The number of carbonyl (C=O) groups excluding carboxylic acids is 1. The Hall–Kier alpha value is -3.28. The largest absolute Gasteiger partial charge is 0.495 e. The first-order valence-corrected chi connectivity index (χ1v) is 8.20. The first kappa shape index (κ1) is 17.5. The summed E-state index contributed by atoms with van der Waals surface area (Å²) < 4.78 is 6.82. The molecule has 0 saturated carbocycles. The highest BCUT2D eigenvalue weighted by Crippen LogP contribution is 2.29. The quantitative estimate of drug-likeness (QED) is 0.785. The van der Waals surface area contributed by atoms with E-state index in [9.17, 15) is 9.59 Å². The Balaban J connectivity index is 1.99. The van der Waals surface area contributed by atoms with E-state index >= 15 is 0 Å². The predicted octanol–water partition coefficient (Wildman–Crippen LogP) is 3.52. The molecule has 26 heavy (non-hydrogen) atoms. The second-order valence-corrected chi connectivity index (χ2v) is 6.17. The summed E-state index contributed by atoms with van der Waals surface area (Å²) in [7, 11) is 4.91. The second-order valence-electron chi connectivity index (χ2n) is 6.17. The van der Waals surface area contributed by atoms with Crippen molar-refractivity contribution in [2.24, 2.45) is 7.05 Å². The molecule has 1 heterocycles. The van der Waals surface area contributed by atoms with E-state index in [4.69, 9.17) is 4.74 Å². The molecule has 0 radical (unpaired) electrons. The van der Waals surface area contributed by atoms with Gasteiger partial charge in [0.1, 0.15) is 5.75 Å². The van der Waals surface area contributed by atoms with Gasteiger partial charge in [-0.25, -0.2) is 4.79 Å². The van der Waals surface area contributed by atoms with Gasteiger partial charge in [0.2, 0.25) is 0 Å². The molecule has 0 atom stereocenters. The van der Waals surface area contributed by atoms with Crippen LogP contribution < -0.4 is 20.5 Å². The highest BCUT2D eigenvalue weighted by molar-refractivity contribution is 6.07. The lowest BCUT2D eigenvalue weighted by atomic mass is 10.1. The minimum Gasteiger partial charge on any atom is -0.495 e. The van der Waals surface area contributed by atoms with Crippen LogP contribution in [0.2, 0.25) is 0 Å². The number of anilines is 2. The predicted molar refractivity (Wildman–Crippen MR) is 104 cm³/mol. The number of amides is 2. The Bertz CT molecular complexity index is 1040. The van der Waals surface area contributed by atoms with E-state index in [0.717, 1.165) is 5.56 Å². The van der Waals surface area contributed by atoms with Gasteiger partial charge in [-0.15, -0.1) is 0 Å². The lowest BCUT2D eigenvalue weighted by Crippen LogP contribution is -2.32. The molecule has 2 amide bonds. The fourth-order valence-corrected chi connectivity index (χ4v) is 2.89. The highest BCUT2D eigenvalue weighted by Gasteiger charge is 2.17. The van der Waals surface area contributed by atoms with Crippen molar-refractivity contribution >= 4 is 28.2 Å². The molecule has 0 aliphatic heterocycles. The first-order valence-electron chi connectivity index (χ1n) is 8.20. The van der Waals surface area contributed by atoms with Crippen LogP contribution in [0.25, 0.3) is 10.8 Å². The van der Waals surface area contributed by atoms with Gasteiger partial charge in [-0.2, -0.15) is 0 Å². The number of carbonyl (C=O) groups is 1. The van der Waals surface area contributed by atoms with Crippen LogP contribution in [0.15, 0.2) is 53.5 Å². The minimum atomic E-state index is -0.322. The van der Waals surface area contributed by atoms with E-state index < -0.39 is 0 Å². The van der Waals surface area contributed by atoms with Crippen molar-refractivity contribution in [2.45, 2.75) is 6.92 Å². The summed E-state index contributed by atoms with van der Waals surface area (Å²) in [6.45, 7) is 1.95. The van der Waals surface area contributed by atoms with Crippen molar-refractivity contribution < 1.29 is 9.53 Å². The van der Waals surface area contributed by atoms with Crippen molar-refractivity contribution in [3.05, 3.63) is 64.6 Å². The van der Waals surface area contributed by atoms with Gasteiger partial charge < -0.3 is 14.6 Å². The van der Waals surface area contributed by atoms with Crippen molar-refractivity contribution in [3.63, 3.8) is 0 Å². The van der Waals surface area contributed by atoms with E-state index in [1.165, 1.54) is 9.47 Å². The van der Waals surface area contributed by atoms with E-state index in [2.05, 4.69) is 5.32 Å². The lowest BCUT2D eigenvalue weighted by Gasteiger charge is -2.21. The van der Waals surface area contributed by atoms with Crippen LogP contribution in [0, 0.1) is 6.92 Å². The fourth-order valence-electron chi connectivity index (χ4n) is 2.89. The standard InChI is InChI=1S/C20H21N3O3/c1-13-9-10-18(26-4)17(11-13)23(3)20(25)21-16-12-22(2)19(24)15-8-6-5-7-14(15)16/h5-12H,1-4H3,(H,21,25). The Kier molecular flexibility index (Phi) is 4.67. The van der Waals surface area contributed by atoms with Crippen LogP contribution in [-0.2, 0) is 7.05 Å². The molecular formula is C20H21N3O3.